The Labute approximate surface area is 151 Å². The number of nitrogens with zero attached hydrogens (tertiary/aromatic N) is 2. The van der Waals surface area contributed by atoms with Gasteiger partial charge in [0.1, 0.15) is 12.1 Å². The van der Waals surface area contributed by atoms with Crippen molar-refractivity contribution in [3.05, 3.63) is 0 Å². The highest BCUT2D eigenvalue weighted by molar-refractivity contribution is 5.95. The quantitative estimate of drug-likeness (QED) is 0.181. The molecule has 146 valence electrons. The van der Waals surface area contributed by atoms with Crippen molar-refractivity contribution in [3.63, 3.8) is 0 Å². The fourth-order valence-corrected chi connectivity index (χ4v) is 2.70. The van der Waals surface area contributed by atoms with E-state index in [0.717, 1.165) is 0 Å². The van der Waals surface area contributed by atoms with Crippen molar-refractivity contribution in [1.82, 2.24) is 15.5 Å². The zero-order chi connectivity index (χ0) is 19.7. The van der Waals surface area contributed by atoms with E-state index in [1.54, 1.807) is 0 Å². The third-order valence-electron chi connectivity index (χ3n) is 3.90. The van der Waals surface area contributed by atoms with E-state index in [1.165, 1.54) is 11.8 Å². The van der Waals surface area contributed by atoms with Crippen LogP contribution in [0, 0.1) is 0 Å². The van der Waals surface area contributed by atoms with Crippen LogP contribution in [0.15, 0.2) is 4.99 Å². The lowest BCUT2D eigenvalue weighted by molar-refractivity contribution is -0.143. The van der Waals surface area contributed by atoms with Gasteiger partial charge in [-0.15, -0.1) is 0 Å². The van der Waals surface area contributed by atoms with E-state index in [4.69, 9.17) is 11.5 Å². The molecule has 7 N–H and O–H groups in total. The SMILES string of the molecule is CC(=O)NC(N)=NCCC[C@H](NC(=O)[C@@H]1CCCN1C(=O)CN)C(=O)O. The summed E-state index contributed by atoms with van der Waals surface area (Å²) < 4.78 is 0. The Balaban J connectivity index is 2.54. The summed E-state index contributed by atoms with van der Waals surface area (Å²) in [6.45, 7) is 1.73. The van der Waals surface area contributed by atoms with Crippen molar-refractivity contribution < 1.29 is 24.3 Å². The van der Waals surface area contributed by atoms with Crippen LogP contribution in [-0.2, 0) is 19.2 Å². The van der Waals surface area contributed by atoms with Crippen LogP contribution in [0.3, 0.4) is 0 Å². The molecule has 1 rings (SSSR count). The van der Waals surface area contributed by atoms with Gasteiger partial charge in [0.25, 0.3) is 0 Å². The first-order valence-electron chi connectivity index (χ1n) is 8.36. The number of carbonyl (C=O) groups is 4. The molecule has 11 nitrogen and oxygen atoms in total. The summed E-state index contributed by atoms with van der Waals surface area (Å²) in [5, 5.41) is 14.0. The molecule has 0 spiro atoms. The van der Waals surface area contributed by atoms with Gasteiger partial charge < -0.3 is 26.8 Å². The Hall–Kier alpha value is -2.69. The third-order valence-corrected chi connectivity index (χ3v) is 3.90. The minimum absolute atomic E-state index is 0.0460. The number of aliphatic carboxylic acids is 1. The maximum absolute atomic E-state index is 12.3. The number of nitrogens with one attached hydrogen (secondary N) is 2. The summed E-state index contributed by atoms with van der Waals surface area (Å²) in [6.07, 6.45) is 1.61. The van der Waals surface area contributed by atoms with Crippen LogP contribution in [0.1, 0.15) is 32.6 Å². The lowest BCUT2D eigenvalue weighted by Crippen LogP contribution is -2.51. The number of aliphatic imine (C=N–C) groups is 1. The fraction of sp³-hybridized carbons (Fsp3) is 0.667. The van der Waals surface area contributed by atoms with E-state index < -0.39 is 24.0 Å². The van der Waals surface area contributed by atoms with Crippen molar-refractivity contribution in [3.8, 4) is 0 Å². The molecule has 2 atom stereocenters. The molecule has 3 amide bonds. The molecular weight excluding hydrogens is 344 g/mol. The average molecular weight is 370 g/mol. The van der Waals surface area contributed by atoms with Crippen LogP contribution in [0.4, 0.5) is 0 Å². The van der Waals surface area contributed by atoms with Crippen molar-refractivity contribution in [2.24, 2.45) is 16.5 Å². The van der Waals surface area contributed by atoms with Crippen LogP contribution in [0.5, 0.6) is 0 Å². The molecule has 26 heavy (non-hydrogen) atoms. The molecule has 1 heterocycles. The number of carboxylic acids is 1. The largest absolute Gasteiger partial charge is 0.480 e. The molecule has 0 saturated carbocycles. The molecule has 1 saturated heterocycles. The Kier molecular flexibility index (Phi) is 8.49. The van der Waals surface area contributed by atoms with E-state index in [9.17, 15) is 24.3 Å². The van der Waals surface area contributed by atoms with Crippen molar-refractivity contribution in [2.45, 2.75) is 44.7 Å². The Morgan fingerprint density at radius 3 is 2.62 bits per heavy atom. The zero-order valence-corrected chi connectivity index (χ0v) is 14.7. The molecular formula is C15H26N6O5. The highest BCUT2D eigenvalue weighted by atomic mass is 16.4. The normalized spacial score (nSPS) is 18.3. The number of hydrogen-bond acceptors (Lipinski definition) is 6. The number of carboxylic acid groups (broad SMARTS) is 1. The second kappa shape index (κ2) is 10.3. The van der Waals surface area contributed by atoms with Gasteiger partial charge >= 0.3 is 5.97 Å². The Morgan fingerprint density at radius 2 is 2.04 bits per heavy atom. The first kappa shape index (κ1) is 21.4. The Bertz CT molecular complexity index is 579. The van der Waals surface area contributed by atoms with Gasteiger partial charge in [0.05, 0.1) is 6.54 Å². The molecule has 11 heteroatoms. The summed E-state index contributed by atoms with van der Waals surface area (Å²) in [4.78, 5) is 51.5. The lowest BCUT2D eigenvalue weighted by atomic mass is 10.1. The number of carbonyl (C=O) groups excluding carboxylic acids is 3. The molecule has 0 radical (unpaired) electrons. The molecule has 0 bridgehead atoms. The number of likely N-dealkylation sites (tertiary alicyclic amines) is 1. The van der Waals surface area contributed by atoms with Crippen molar-refractivity contribution in [2.75, 3.05) is 19.6 Å². The highest BCUT2D eigenvalue weighted by Crippen LogP contribution is 2.17. The van der Waals surface area contributed by atoms with E-state index >= 15 is 0 Å². The van der Waals surface area contributed by atoms with Crippen LogP contribution in [-0.4, -0.2) is 71.4 Å². The summed E-state index contributed by atoms with van der Waals surface area (Å²) >= 11 is 0. The molecule has 0 aromatic heterocycles. The van der Waals surface area contributed by atoms with Gasteiger partial charge in [0.2, 0.25) is 17.7 Å². The predicted octanol–water partition coefficient (Wildman–Crippen LogP) is -2.26. The maximum Gasteiger partial charge on any atom is 0.326 e. The van der Waals surface area contributed by atoms with Gasteiger partial charge in [-0.3, -0.25) is 24.7 Å². The van der Waals surface area contributed by atoms with Gasteiger partial charge in [-0.2, -0.15) is 0 Å². The highest BCUT2D eigenvalue weighted by Gasteiger charge is 2.35. The van der Waals surface area contributed by atoms with Crippen molar-refractivity contribution in [1.29, 1.82) is 0 Å². The number of nitrogens with two attached hydrogens (primary N) is 2. The molecule has 0 aromatic carbocycles. The average Bonchev–Trinajstić information content (AvgIpc) is 3.05. The summed E-state index contributed by atoms with van der Waals surface area (Å²) in [5.41, 5.74) is 10.8. The molecule has 0 unspecified atom stereocenters. The predicted molar refractivity (Wildman–Crippen MR) is 92.9 cm³/mol. The molecule has 1 fully saturated rings. The van der Waals surface area contributed by atoms with Gasteiger partial charge in [-0.1, -0.05) is 0 Å². The Morgan fingerprint density at radius 1 is 1.35 bits per heavy atom. The molecule has 1 aliphatic heterocycles. The first-order chi connectivity index (χ1) is 12.3. The minimum atomic E-state index is -1.17. The van der Waals surface area contributed by atoms with Gasteiger partial charge in [-0.25, -0.2) is 4.79 Å². The monoisotopic (exact) mass is 370 g/mol. The van der Waals surface area contributed by atoms with E-state index in [0.29, 0.717) is 25.8 Å². The topological polar surface area (TPSA) is 180 Å². The molecule has 1 aliphatic rings. The first-order valence-corrected chi connectivity index (χ1v) is 8.36. The van der Waals surface area contributed by atoms with Gasteiger partial charge in [0.15, 0.2) is 5.96 Å². The second-order valence-corrected chi connectivity index (χ2v) is 5.94. The second-order valence-electron chi connectivity index (χ2n) is 5.94. The number of rotatable bonds is 8. The van der Waals surface area contributed by atoms with E-state index in [2.05, 4.69) is 15.6 Å². The minimum Gasteiger partial charge on any atom is -0.480 e. The standard InChI is InChI=1S/C15H26N6O5/c1-9(22)19-15(17)18-6-2-4-10(14(25)26)20-13(24)11-5-3-7-21(11)12(23)8-16/h10-11H,2-8,16H2,1H3,(H,20,24)(H,25,26)(H3,17,18,19,22)/t10-,11-/m0/s1. The molecule has 0 aliphatic carbocycles. The number of amides is 3. The zero-order valence-electron chi connectivity index (χ0n) is 14.7. The van der Waals surface area contributed by atoms with E-state index in [-0.39, 0.29) is 37.3 Å². The third kappa shape index (κ3) is 6.67. The van der Waals surface area contributed by atoms with Crippen LogP contribution >= 0.6 is 0 Å². The number of hydrogen-bond donors (Lipinski definition) is 5. The smallest absolute Gasteiger partial charge is 0.326 e. The number of guanidine groups is 1. The summed E-state index contributed by atoms with van der Waals surface area (Å²) in [5.74, 6) is -2.41. The molecule has 0 aromatic rings. The van der Waals surface area contributed by atoms with E-state index in [1.807, 2.05) is 0 Å². The maximum atomic E-state index is 12.3. The van der Waals surface area contributed by atoms with Crippen LogP contribution in [0.2, 0.25) is 0 Å². The van der Waals surface area contributed by atoms with Crippen LogP contribution in [0.25, 0.3) is 0 Å². The summed E-state index contributed by atoms with van der Waals surface area (Å²) in [7, 11) is 0. The fourth-order valence-electron chi connectivity index (χ4n) is 2.70. The summed E-state index contributed by atoms with van der Waals surface area (Å²) in [6, 6.07) is -1.79. The van der Waals surface area contributed by atoms with Crippen molar-refractivity contribution >= 4 is 29.7 Å². The van der Waals surface area contributed by atoms with Crippen LogP contribution < -0.4 is 22.1 Å². The lowest BCUT2D eigenvalue weighted by Gasteiger charge is -2.25. The van der Waals surface area contributed by atoms with Gasteiger partial charge in [-0.05, 0) is 25.7 Å². The van der Waals surface area contributed by atoms with Gasteiger partial charge in [0, 0.05) is 20.0 Å².